The molecule has 1 aromatic rings. The Bertz CT molecular complexity index is 402. The van der Waals surface area contributed by atoms with E-state index in [1.54, 1.807) is 0 Å². The van der Waals surface area contributed by atoms with E-state index in [4.69, 9.17) is 11.6 Å². The molecule has 4 heteroatoms. The van der Waals surface area contributed by atoms with E-state index in [1.807, 2.05) is 0 Å². The second kappa shape index (κ2) is 4.35. The number of halogens is 1. The molecule has 1 heterocycles. The van der Waals surface area contributed by atoms with Crippen LogP contribution in [0.5, 0.6) is 0 Å². The third-order valence-electron chi connectivity index (χ3n) is 3.16. The molecule has 1 N–H and O–H groups in total. The minimum Gasteiger partial charge on any atom is -0.310 e. The number of hydrogen-bond donors (Lipinski definition) is 1. The summed E-state index contributed by atoms with van der Waals surface area (Å²) >= 11 is 5.70. The van der Waals surface area contributed by atoms with Crippen LogP contribution in [-0.4, -0.2) is 9.97 Å². The zero-order valence-electron chi connectivity index (χ0n) is 8.79. The van der Waals surface area contributed by atoms with E-state index in [9.17, 15) is 4.79 Å². The number of alkyl halides is 1. The Morgan fingerprint density at radius 2 is 2.40 bits per heavy atom. The fraction of sp³-hybridized carbons (Fsp3) is 0.636. The highest BCUT2D eigenvalue weighted by atomic mass is 35.5. The van der Waals surface area contributed by atoms with Crippen LogP contribution in [0.25, 0.3) is 0 Å². The van der Waals surface area contributed by atoms with Crippen molar-refractivity contribution in [2.24, 2.45) is 5.92 Å². The van der Waals surface area contributed by atoms with Gasteiger partial charge in [0.2, 0.25) is 0 Å². The Hall–Kier alpha value is -0.830. The van der Waals surface area contributed by atoms with E-state index in [2.05, 4.69) is 16.9 Å². The van der Waals surface area contributed by atoms with Gasteiger partial charge in [0, 0.05) is 12.0 Å². The van der Waals surface area contributed by atoms with Crippen LogP contribution in [0.1, 0.15) is 43.6 Å². The van der Waals surface area contributed by atoms with Crippen LogP contribution < -0.4 is 5.56 Å². The van der Waals surface area contributed by atoms with Gasteiger partial charge in [0.1, 0.15) is 5.82 Å². The minimum absolute atomic E-state index is 0.0882. The summed E-state index contributed by atoms with van der Waals surface area (Å²) in [5.74, 6) is 2.14. The summed E-state index contributed by atoms with van der Waals surface area (Å²) in [6.07, 6.45) is 3.57. The average Bonchev–Trinajstić information content (AvgIpc) is 2.63. The maximum atomic E-state index is 11.4. The lowest BCUT2D eigenvalue weighted by Gasteiger charge is -2.14. The summed E-state index contributed by atoms with van der Waals surface area (Å²) in [5, 5.41) is 0. The molecule has 0 saturated heterocycles. The maximum Gasteiger partial charge on any atom is 0.251 e. The zero-order chi connectivity index (χ0) is 10.8. The predicted molar refractivity (Wildman–Crippen MR) is 60.2 cm³/mol. The van der Waals surface area contributed by atoms with E-state index >= 15 is 0 Å². The van der Waals surface area contributed by atoms with Gasteiger partial charge in [-0.25, -0.2) is 4.98 Å². The van der Waals surface area contributed by atoms with Crippen LogP contribution in [0.3, 0.4) is 0 Å². The van der Waals surface area contributed by atoms with Crippen molar-refractivity contribution >= 4 is 11.6 Å². The Morgan fingerprint density at radius 1 is 1.60 bits per heavy atom. The van der Waals surface area contributed by atoms with Gasteiger partial charge in [-0.2, -0.15) is 0 Å². The van der Waals surface area contributed by atoms with Gasteiger partial charge in [-0.3, -0.25) is 4.79 Å². The lowest BCUT2D eigenvalue weighted by atomic mass is 9.97. The number of aromatic nitrogens is 2. The number of aromatic amines is 1. The number of nitrogens with one attached hydrogen (secondary N) is 1. The molecule has 1 fully saturated rings. The molecule has 82 valence electrons. The third kappa shape index (κ3) is 2.23. The maximum absolute atomic E-state index is 11.4. The second-order valence-electron chi connectivity index (χ2n) is 4.27. The molecule has 0 spiro atoms. The quantitative estimate of drug-likeness (QED) is 0.788. The summed E-state index contributed by atoms with van der Waals surface area (Å²) in [5.41, 5.74) is 0.587. The Kier molecular flexibility index (Phi) is 3.10. The molecule has 0 radical (unpaired) electrons. The lowest BCUT2D eigenvalue weighted by Crippen LogP contribution is -2.16. The van der Waals surface area contributed by atoms with Crippen molar-refractivity contribution < 1.29 is 0 Å². The van der Waals surface area contributed by atoms with Crippen LogP contribution in [0.2, 0.25) is 0 Å². The molecule has 1 aromatic heterocycles. The van der Waals surface area contributed by atoms with E-state index in [0.717, 1.165) is 12.2 Å². The first-order valence-corrected chi connectivity index (χ1v) is 5.90. The van der Waals surface area contributed by atoms with E-state index in [-0.39, 0.29) is 5.56 Å². The Labute approximate surface area is 93.9 Å². The van der Waals surface area contributed by atoms with Crippen molar-refractivity contribution in [3.63, 3.8) is 0 Å². The minimum atomic E-state index is -0.0882. The number of rotatable bonds is 2. The topological polar surface area (TPSA) is 45.8 Å². The fourth-order valence-corrected chi connectivity index (χ4v) is 2.46. The second-order valence-corrected chi connectivity index (χ2v) is 4.54. The van der Waals surface area contributed by atoms with Gasteiger partial charge < -0.3 is 4.98 Å². The van der Waals surface area contributed by atoms with Crippen LogP contribution >= 0.6 is 11.6 Å². The van der Waals surface area contributed by atoms with Crippen LogP contribution in [0.4, 0.5) is 0 Å². The molecule has 0 bridgehead atoms. The molecule has 2 atom stereocenters. The number of H-pyrrole nitrogens is 1. The summed E-state index contributed by atoms with van der Waals surface area (Å²) in [6, 6.07) is 1.47. The standard InChI is InChI=1S/C11H15ClN2O/c1-7-3-2-4-9(7)11-13-8(6-12)5-10(15)14-11/h5,7,9H,2-4,6H2,1H3,(H,13,14,15). The highest BCUT2D eigenvalue weighted by Crippen LogP contribution is 2.37. The molecule has 1 saturated carbocycles. The Morgan fingerprint density at radius 3 is 3.00 bits per heavy atom. The molecule has 0 aromatic carbocycles. The van der Waals surface area contributed by atoms with E-state index in [0.29, 0.717) is 23.4 Å². The smallest absolute Gasteiger partial charge is 0.251 e. The molecular formula is C11H15ClN2O. The van der Waals surface area contributed by atoms with Gasteiger partial charge in [-0.05, 0) is 18.8 Å². The van der Waals surface area contributed by atoms with Crippen LogP contribution in [0.15, 0.2) is 10.9 Å². The first-order chi connectivity index (χ1) is 7.20. The molecular weight excluding hydrogens is 212 g/mol. The van der Waals surface area contributed by atoms with Gasteiger partial charge in [0.15, 0.2) is 0 Å². The first-order valence-electron chi connectivity index (χ1n) is 5.37. The zero-order valence-corrected chi connectivity index (χ0v) is 9.55. The number of hydrogen-bond acceptors (Lipinski definition) is 2. The highest BCUT2D eigenvalue weighted by Gasteiger charge is 2.26. The van der Waals surface area contributed by atoms with Gasteiger partial charge in [0.05, 0.1) is 11.6 Å². The largest absolute Gasteiger partial charge is 0.310 e. The molecule has 3 nitrogen and oxygen atoms in total. The molecule has 0 aliphatic heterocycles. The van der Waals surface area contributed by atoms with Crippen LogP contribution in [0, 0.1) is 5.92 Å². The van der Waals surface area contributed by atoms with Crippen LogP contribution in [-0.2, 0) is 5.88 Å². The van der Waals surface area contributed by atoms with Gasteiger partial charge >= 0.3 is 0 Å². The average molecular weight is 227 g/mol. The van der Waals surface area contributed by atoms with Crippen molar-refractivity contribution in [1.29, 1.82) is 0 Å². The van der Waals surface area contributed by atoms with Gasteiger partial charge in [-0.1, -0.05) is 13.3 Å². The summed E-state index contributed by atoms with van der Waals surface area (Å²) in [6.45, 7) is 2.21. The van der Waals surface area contributed by atoms with Crippen molar-refractivity contribution in [3.8, 4) is 0 Å². The van der Waals surface area contributed by atoms with Gasteiger partial charge in [-0.15, -0.1) is 11.6 Å². The number of nitrogens with zero attached hydrogens (tertiary/aromatic N) is 1. The van der Waals surface area contributed by atoms with Crippen molar-refractivity contribution in [1.82, 2.24) is 9.97 Å². The molecule has 2 unspecified atom stereocenters. The third-order valence-corrected chi connectivity index (χ3v) is 3.44. The summed E-state index contributed by atoms with van der Waals surface area (Å²) in [4.78, 5) is 18.6. The highest BCUT2D eigenvalue weighted by molar-refractivity contribution is 6.16. The molecule has 1 aliphatic rings. The monoisotopic (exact) mass is 226 g/mol. The molecule has 15 heavy (non-hydrogen) atoms. The van der Waals surface area contributed by atoms with E-state index in [1.165, 1.54) is 18.9 Å². The lowest BCUT2D eigenvalue weighted by molar-refractivity contribution is 0.507. The molecule has 0 amide bonds. The van der Waals surface area contributed by atoms with Crippen molar-refractivity contribution in [2.45, 2.75) is 38.0 Å². The van der Waals surface area contributed by atoms with E-state index < -0.39 is 0 Å². The predicted octanol–water partition coefficient (Wildman–Crippen LogP) is 2.41. The molecule has 2 rings (SSSR count). The van der Waals surface area contributed by atoms with Gasteiger partial charge in [0.25, 0.3) is 5.56 Å². The normalized spacial score (nSPS) is 25.7. The van der Waals surface area contributed by atoms with Crippen molar-refractivity contribution in [2.75, 3.05) is 0 Å². The summed E-state index contributed by atoms with van der Waals surface area (Å²) < 4.78 is 0. The SMILES string of the molecule is CC1CCCC1c1nc(CCl)cc(=O)[nH]1. The Balaban J connectivity index is 2.35. The summed E-state index contributed by atoms with van der Waals surface area (Å²) in [7, 11) is 0. The fourth-order valence-electron chi connectivity index (χ4n) is 2.32. The molecule has 1 aliphatic carbocycles. The first kappa shape index (κ1) is 10.7. The van der Waals surface area contributed by atoms with Crippen molar-refractivity contribution in [3.05, 3.63) is 27.9 Å².